The normalized spacial score (nSPS) is 16.3. The Hall–Kier alpha value is -1.09. The van der Waals surface area contributed by atoms with E-state index >= 15 is 0 Å². The number of fused-ring (bicyclic) bond motifs is 1. The van der Waals surface area contributed by atoms with Gasteiger partial charge in [0.2, 0.25) is 0 Å². The fourth-order valence-corrected chi connectivity index (χ4v) is 2.15. The third-order valence-electron chi connectivity index (χ3n) is 2.30. The molecule has 2 nitrogen and oxygen atoms in total. The minimum atomic E-state index is 0.686. The van der Waals surface area contributed by atoms with Gasteiger partial charge in [0.15, 0.2) is 0 Å². The molecule has 1 aliphatic rings. The summed E-state index contributed by atoms with van der Waals surface area (Å²) in [6.45, 7) is 0. The summed E-state index contributed by atoms with van der Waals surface area (Å²) in [5.41, 5.74) is 0. The maximum Gasteiger partial charge on any atom is 0.147 e. The van der Waals surface area contributed by atoms with Gasteiger partial charge in [-0.2, -0.15) is 4.37 Å². The fourth-order valence-electron chi connectivity index (χ4n) is 1.41. The van der Waals surface area contributed by atoms with E-state index < -0.39 is 0 Å². The lowest BCUT2D eigenvalue weighted by molar-refractivity contribution is 1.14. The molecule has 0 amide bonds. The van der Waals surface area contributed by atoms with E-state index in [1.54, 1.807) is 11.5 Å². The summed E-state index contributed by atoms with van der Waals surface area (Å²) in [4.78, 5) is 0. The van der Waals surface area contributed by atoms with Crippen molar-refractivity contribution in [1.29, 1.82) is 0 Å². The average Bonchev–Trinajstić information content (AvgIpc) is 2.88. The highest BCUT2D eigenvalue weighted by atomic mass is 32.1. The number of benzene rings is 1. The van der Waals surface area contributed by atoms with Crippen molar-refractivity contribution >= 4 is 27.4 Å². The van der Waals surface area contributed by atoms with E-state index in [0.29, 0.717) is 6.04 Å². The summed E-state index contributed by atoms with van der Waals surface area (Å²) < 4.78 is 5.68. The Kier molecular flexibility index (Phi) is 1.52. The van der Waals surface area contributed by atoms with Gasteiger partial charge >= 0.3 is 0 Å². The number of hydrogen-bond acceptors (Lipinski definition) is 3. The predicted molar refractivity (Wildman–Crippen MR) is 56.3 cm³/mol. The van der Waals surface area contributed by atoms with Gasteiger partial charge in [-0.3, -0.25) is 0 Å². The Labute approximate surface area is 80.8 Å². The molecular weight excluding hydrogens is 180 g/mol. The summed E-state index contributed by atoms with van der Waals surface area (Å²) in [6.07, 6.45) is 2.59. The molecule has 1 heterocycles. The molecule has 1 aliphatic carbocycles. The van der Waals surface area contributed by atoms with Crippen LogP contribution in [0.25, 0.3) is 10.1 Å². The van der Waals surface area contributed by atoms with Crippen LogP contribution in [-0.2, 0) is 0 Å². The van der Waals surface area contributed by atoms with Gasteiger partial charge in [0.1, 0.15) is 5.82 Å². The molecule has 13 heavy (non-hydrogen) atoms. The van der Waals surface area contributed by atoms with Gasteiger partial charge in [-0.15, -0.1) is 0 Å². The van der Waals surface area contributed by atoms with E-state index in [9.17, 15) is 0 Å². The van der Waals surface area contributed by atoms with E-state index in [1.807, 2.05) is 0 Å². The summed E-state index contributed by atoms with van der Waals surface area (Å²) in [5, 5.41) is 4.70. The summed E-state index contributed by atoms with van der Waals surface area (Å²) >= 11 is 1.57. The summed E-state index contributed by atoms with van der Waals surface area (Å²) in [6, 6.07) is 9.05. The van der Waals surface area contributed by atoms with Gasteiger partial charge in [-0.1, -0.05) is 12.1 Å². The molecule has 1 aromatic heterocycles. The lowest BCUT2D eigenvalue weighted by atomic mass is 10.2. The first-order chi connectivity index (χ1) is 6.43. The quantitative estimate of drug-likeness (QED) is 0.787. The molecule has 1 N–H and O–H groups in total. The molecule has 0 radical (unpaired) electrons. The van der Waals surface area contributed by atoms with Gasteiger partial charge in [-0.05, 0) is 36.5 Å². The maximum atomic E-state index is 4.41. The molecule has 2 aromatic rings. The molecule has 0 unspecified atom stereocenters. The Morgan fingerprint density at radius 3 is 3.00 bits per heavy atom. The molecule has 0 bridgehead atoms. The first-order valence-electron chi connectivity index (χ1n) is 4.54. The van der Waals surface area contributed by atoms with E-state index in [0.717, 1.165) is 5.82 Å². The molecule has 66 valence electrons. The second-order valence-electron chi connectivity index (χ2n) is 3.45. The van der Waals surface area contributed by atoms with Gasteiger partial charge in [0.05, 0.1) is 4.70 Å². The molecule has 1 fully saturated rings. The largest absolute Gasteiger partial charge is 0.366 e. The smallest absolute Gasteiger partial charge is 0.147 e. The molecular formula is C10H10N2S. The molecule has 1 aromatic carbocycles. The average molecular weight is 190 g/mol. The first-order valence-corrected chi connectivity index (χ1v) is 5.32. The van der Waals surface area contributed by atoms with Crippen molar-refractivity contribution in [3.63, 3.8) is 0 Å². The Morgan fingerprint density at radius 2 is 2.15 bits per heavy atom. The zero-order chi connectivity index (χ0) is 8.67. The van der Waals surface area contributed by atoms with Crippen LogP contribution < -0.4 is 5.32 Å². The van der Waals surface area contributed by atoms with E-state index in [2.05, 4.69) is 34.0 Å². The molecule has 0 spiro atoms. The highest BCUT2D eigenvalue weighted by Crippen LogP contribution is 2.30. The molecule has 3 heteroatoms. The number of nitrogens with one attached hydrogen (secondary N) is 1. The van der Waals surface area contributed by atoms with Crippen molar-refractivity contribution in [3.05, 3.63) is 24.3 Å². The van der Waals surface area contributed by atoms with Crippen LogP contribution in [0.3, 0.4) is 0 Å². The van der Waals surface area contributed by atoms with Gasteiger partial charge < -0.3 is 5.32 Å². The van der Waals surface area contributed by atoms with Crippen LogP contribution in [0.4, 0.5) is 5.82 Å². The standard InChI is InChI=1S/C10H10N2S/c1-2-4-9-8(3-1)10(12-13-9)11-7-5-6-7/h1-4,7H,5-6H2,(H,11,12). The summed E-state index contributed by atoms with van der Waals surface area (Å²) in [7, 11) is 0. The molecule has 1 saturated carbocycles. The predicted octanol–water partition coefficient (Wildman–Crippen LogP) is 2.87. The zero-order valence-electron chi connectivity index (χ0n) is 7.16. The number of hydrogen-bond donors (Lipinski definition) is 1. The van der Waals surface area contributed by atoms with Crippen molar-refractivity contribution < 1.29 is 0 Å². The van der Waals surface area contributed by atoms with Crippen LogP contribution in [0.1, 0.15) is 12.8 Å². The van der Waals surface area contributed by atoms with E-state index in [-0.39, 0.29) is 0 Å². The van der Waals surface area contributed by atoms with Crippen LogP contribution >= 0.6 is 11.5 Å². The SMILES string of the molecule is c1ccc2c(NC3CC3)nsc2c1. The number of nitrogens with zero attached hydrogens (tertiary/aromatic N) is 1. The second-order valence-corrected chi connectivity index (χ2v) is 4.25. The van der Waals surface area contributed by atoms with Crippen molar-refractivity contribution in [2.75, 3.05) is 5.32 Å². The van der Waals surface area contributed by atoms with Gasteiger partial charge in [0.25, 0.3) is 0 Å². The number of rotatable bonds is 2. The minimum absolute atomic E-state index is 0.686. The van der Waals surface area contributed by atoms with Crippen molar-refractivity contribution in [1.82, 2.24) is 4.37 Å². The van der Waals surface area contributed by atoms with Crippen molar-refractivity contribution in [2.45, 2.75) is 18.9 Å². The Bertz CT molecular complexity index is 431. The molecule has 0 saturated heterocycles. The van der Waals surface area contributed by atoms with Crippen molar-refractivity contribution in [2.24, 2.45) is 0 Å². The first kappa shape index (κ1) is 7.33. The summed E-state index contributed by atoms with van der Waals surface area (Å²) in [5.74, 6) is 1.07. The van der Waals surface area contributed by atoms with Crippen LogP contribution in [0, 0.1) is 0 Å². The minimum Gasteiger partial charge on any atom is -0.366 e. The van der Waals surface area contributed by atoms with Crippen LogP contribution in [0.15, 0.2) is 24.3 Å². The van der Waals surface area contributed by atoms with Crippen LogP contribution in [-0.4, -0.2) is 10.4 Å². The van der Waals surface area contributed by atoms with Crippen LogP contribution in [0.2, 0.25) is 0 Å². The van der Waals surface area contributed by atoms with Gasteiger partial charge in [0, 0.05) is 11.4 Å². The highest BCUT2D eigenvalue weighted by Gasteiger charge is 2.22. The molecule has 0 atom stereocenters. The zero-order valence-corrected chi connectivity index (χ0v) is 7.97. The highest BCUT2D eigenvalue weighted by molar-refractivity contribution is 7.13. The lowest BCUT2D eigenvalue weighted by Crippen LogP contribution is -2.00. The third-order valence-corrected chi connectivity index (χ3v) is 3.12. The second kappa shape index (κ2) is 2.70. The number of aromatic nitrogens is 1. The monoisotopic (exact) mass is 190 g/mol. The molecule has 3 rings (SSSR count). The van der Waals surface area contributed by atoms with Crippen LogP contribution in [0.5, 0.6) is 0 Å². The fraction of sp³-hybridized carbons (Fsp3) is 0.300. The van der Waals surface area contributed by atoms with Gasteiger partial charge in [-0.25, -0.2) is 0 Å². The van der Waals surface area contributed by atoms with E-state index in [4.69, 9.17) is 0 Å². The molecule has 0 aliphatic heterocycles. The maximum absolute atomic E-state index is 4.41. The Morgan fingerprint density at radius 1 is 1.31 bits per heavy atom. The lowest BCUT2D eigenvalue weighted by Gasteiger charge is -1.98. The third kappa shape index (κ3) is 1.29. The van der Waals surface area contributed by atoms with E-state index in [1.165, 1.54) is 22.9 Å². The van der Waals surface area contributed by atoms with Crippen molar-refractivity contribution in [3.8, 4) is 0 Å². The Balaban J connectivity index is 2.06. The number of anilines is 1. The topological polar surface area (TPSA) is 24.9 Å².